The van der Waals surface area contributed by atoms with Crippen LogP contribution in [0.25, 0.3) is 5.69 Å². The van der Waals surface area contributed by atoms with Crippen LogP contribution in [0.4, 0.5) is 11.4 Å². The highest BCUT2D eigenvalue weighted by Crippen LogP contribution is 2.28. The first kappa shape index (κ1) is 22.5. The number of rotatable bonds is 8. The van der Waals surface area contributed by atoms with E-state index >= 15 is 0 Å². The predicted octanol–water partition coefficient (Wildman–Crippen LogP) is 4.44. The molecule has 8 nitrogen and oxygen atoms in total. The molecule has 1 fully saturated rings. The monoisotopic (exact) mass is 447 g/mol. The van der Waals surface area contributed by atoms with Crippen molar-refractivity contribution in [1.82, 2.24) is 15.1 Å². The molecule has 0 bridgehead atoms. The van der Waals surface area contributed by atoms with Crippen molar-refractivity contribution in [3.8, 4) is 5.69 Å². The Hall–Kier alpha value is -3.68. The van der Waals surface area contributed by atoms with Crippen molar-refractivity contribution in [3.05, 3.63) is 81.7 Å². The fraction of sp³-hybridized carbons (Fsp3) is 0.360. The number of hydrogen-bond acceptors (Lipinski definition) is 5. The summed E-state index contributed by atoms with van der Waals surface area (Å²) in [4.78, 5) is 25.9. The largest absolute Gasteiger partial charge is 0.371 e. The first-order valence-electron chi connectivity index (χ1n) is 11.4. The number of hydrogen-bond donors (Lipinski definition) is 1. The van der Waals surface area contributed by atoms with Crippen LogP contribution in [-0.4, -0.2) is 40.2 Å². The molecule has 1 aromatic heterocycles. The van der Waals surface area contributed by atoms with Crippen LogP contribution < -0.4 is 10.2 Å². The van der Waals surface area contributed by atoms with Gasteiger partial charge >= 0.3 is 0 Å². The summed E-state index contributed by atoms with van der Waals surface area (Å²) in [5.74, 6) is -0.268. The van der Waals surface area contributed by atoms with Crippen molar-refractivity contribution in [2.45, 2.75) is 39.0 Å². The quantitative estimate of drug-likeness (QED) is 0.313. The second-order valence-corrected chi connectivity index (χ2v) is 8.39. The first-order chi connectivity index (χ1) is 16.0. The van der Waals surface area contributed by atoms with Gasteiger partial charge in [-0.3, -0.25) is 14.9 Å². The molecule has 0 unspecified atom stereocenters. The number of nitro groups is 1. The molecule has 33 heavy (non-hydrogen) atoms. The summed E-state index contributed by atoms with van der Waals surface area (Å²) in [5.41, 5.74) is 4.20. The number of nitrogens with one attached hydrogen (secondary N) is 1. The van der Waals surface area contributed by atoms with E-state index in [-0.39, 0.29) is 11.6 Å². The van der Waals surface area contributed by atoms with E-state index in [1.165, 1.54) is 18.6 Å². The minimum Gasteiger partial charge on any atom is -0.371 e. The Morgan fingerprint density at radius 3 is 2.61 bits per heavy atom. The van der Waals surface area contributed by atoms with E-state index in [0.29, 0.717) is 12.1 Å². The standard InChI is InChI=1S/C25H29N5O3/c1-19-20(18-29(27-19)21-10-4-2-5-11-21)9-8-14-26-25(31)23-17-22(30(32)33)12-13-24(23)28-15-6-3-7-16-28/h2,4-5,10-13,17-18H,3,6-9,14-16H2,1H3,(H,26,31). The molecular formula is C25H29N5O3. The number of carbonyl (C=O) groups excluding carboxylic acids is 1. The van der Waals surface area contributed by atoms with Crippen LogP contribution in [0.2, 0.25) is 0 Å². The van der Waals surface area contributed by atoms with Crippen LogP contribution in [0.3, 0.4) is 0 Å². The summed E-state index contributed by atoms with van der Waals surface area (Å²) >= 11 is 0. The van der Waals surface area contributed by atoms with E-state index in [0.717, 1.165) is 61.4 Å². The van der Waals surface area contributed by atoms with E-state index in [1.807, 2.05) is 48.1 Å². The molecule has 1 aliphatic heterocycles. The zero-order chi connectivity index (χ0) is 23.2. The molecule has 0 atom stereocenters. The van der Waals surface area contributed by atoms with E-state index < -0.39 is 4.92 Å². The van der Waals surface area contributed by atoms with Gasteiger partial charge in [-0.25, -0.2) is 4.68 Å². The number of nitrogens with zero attached hydrogens (tertiary/aromatic N) is 4. The average Bonchev–Trinajstić information content (AvgIpc) is 3.22. The highest BCUT2D eigenvalue weighted by molar-refractivity contribution is 6.00. The van der Waals surface area contributed by atoms with Crippen molar-refractivity contribution in [3.63, 3.8) is 0 Å². The summed E-state index contributed by atoms with van der Waals surface area (Å²) < 4.78 is 1.87. The van der Waals surface area contributed by atoms with Crippen molar-refractivity contribution in [2.75, 3.05) is 24.5 Å². The number of aryl methyl sites for hydroxylation is 2. The van der Waals surface area contributed by atoms with Gasteiger partial charge in [0.15, 0.2) is 0 Å². The number of nitro benzene ring substituents is 1. The lowest BCUT2D eigenvalue weighted by atomic mass is 10.1. The lowest BCUT2D eigenvalue weighted by Crippen LogP contribution is -2.33. The Kier molecular flexibility index (Phi) is 7.02. The Bertz CT molecular complexity index is 1120. The highest BCUT2D eigenvalue weighted by atomic mass is 16.6. The van der Waals surface area contributed by atoms with Crippen LogP contribution in [0.1, 0.15) is 47.3 Å². The Morgan fingerprint density at radius 2 is 1.88 bits per heavy atom. The number of amides is 1. The number of benzene rings is 2. The molecule has 2 heterocycles. The van der Waals surface area contributed by atoms with Gasteiger partial charge in [-0.1, -0.05) is 18.2 Å². The summed E-state index contributed by atoms with van der Waals surface area (Å²) in [6.07, 6.45) is 6.86. The third-order valence-electron chi connectivity index (χ3n) is 6.06. The molecule has 4 rings (SSSR count). The van der Waals surface area contributed by atoms with Gasteiger partial charge in [0.05, 0.1) is 27.6 Å². The second kappa shape index (κ2) is 10.3. The van der Waals surface area contributed by atoms with Gasteiger partial charge in [0, 0.05) is 38.0 Å². The number of anilines is 1. The Morgan fingerprint density at radius 1 is 1.12 bits per heavy atom. The van der Waals surface area contributed by atoms with Crippen LogP contribution in [0, 0.1) is 17.0 Å². The zero-order valence-corrected chi connectivity index (χ0v) is 18.9. The van der Waals surface area contributed by atoms with Crippen LogP contribution in [0.5, 0.6) is 0 Å². The van der Waals surface area contributed by atoms with Crippen molar-refractivity contribution in [2.24, 2.45) is 0 Å². The molecular weight excluding hydrogens is 418 g/mol. The smallest absolute Gasteiger partial charge is 0.270 e. The molecule has 0 aliphatic carbocycles. The van der Waals surface area contributed by atoms with Crippen LogP contribution in [0.15, 0.2) is 54.7 Å². The minimum absolute atomic E-state index is 0.0649. The van der Waals surface area contributed by atoms with Crippen molar-refractivity contribution in [1.29, 1.82) is 0 Å². The van der Waals surface area contributed by atoms with Crippen molar-refractivity contribution < 1.29 is 9.72 Å². The first-order valence-corrected chi connectivity index (χ1v) is 11.4. The van der Waals surface area contributed by atoms with Gasteiger partial charge in [0.2, 0.25) is 0 Å². The number of para-hydroxylation sites is 1. The molecule has 1 N–H and O–H groups in total. The maximum absolute atomic E-state index is 13.0. The fourth-order valence-electron chi connectivity index (χ4n) is 4.26. The topological polar surface area (TPSA) is 93.3 Å². The van der Waals surface area contributed by atoms with Gasteiger partial charge in [-0.05, 0) is 62.8 Å². The van der Waals surface area contributed by atoms with Crippen molar-refractivity contribution >= 4 is 17.3 Å². The molecule has 172 valence electrons. The van der Waals surface area contributed by atoms with Gasteiger partial charge in [0.25, 0.3) is 11.6 Å². The number of piperidine rings is 1. The van der Waals surface area contributed by atoms with Crippen LogP contribution >= 0.6 is 0 Å². The molecule has 1 saturated heterocycles. The summed E-state index contributed by atoms with van der Waals surface area (Å²) in [6, 6.07) is 14.5. The molecule has 1 aliphatic rings. The van der Waals surface area contributed by atoms with E-state index in [4.69, 9.17) is 0 Å². The van der Waals surface area contributed by atoms with Gasteiger partial charge in [-0.2, -0.15) is 5.10 Å². The van der Waals surface area contributed by atoms with E-state index in [2.05, 4.69) is 15.3 Å². The Labute approximate surface area is 193 Å². The Balaban J connectivity index is 1.39. The maximum atomic E-state index is 13.0. The van der Waals surface area contributed by atoms with E-state index in [1.54, 1.807) is 6.07 Å². The predicted molar refractivity (Wildman–Crippen MR) is 128 cm³/mol. The average molecular weight is 448 g/mol. The molecule has 0 saturated carbocycles. The molecule has 0 spiro atoms. The van der Waals surface area contributed by atoms with Gasteiger partial charge in [0.1, 0.15) is 0 Å². The third-order valence-corrected chi connectivity index (χ3v) is 6.06. The number of aromatic nitrogens is 2. The van der Waals surface area contributed by atoms with Gasteiger partial charge < -0.3 is 10.2 Å². The fourth-order valence-corrected chi connectivity index (χ4v) is 4.26. The lowest BCUT2D eigenvalue weighted by molar-refractivity contribution is -0.384. The molecule has 2 aromatic carbocycles. The number of non-ortho nitro benzene ring substituents is 1. The second-order valence-electron chi connectivity index (χ2n) is 8.39. The highest BCUT2D eigenvalue weighted by Gasteiger charge is 2.21. The minimum atomic E-state index is -0.454. The molecule has 1 amide bonds. The van der Waals surface area contributed by atoms with E-state index in [9.17, 15) is 14.9 Å². The summed E-state index contributed by atoms with van der Waals surface area (Å²) in [6.45, 7) is 4.20. The molecule has 3 aromatic rings. The normalized spacial score (nSPS) is 13.7. The lowest BCUT2D eigenvalue weighted by Gasteiger charge is -2.30. The van der Waals surface area contributed by atoms with Gasteiger partial charge in [-0.15, -0.1) is 0 Å². The maximum Gasteiger partial charge on any atom is 0.270 e. The molecule has 0 radical (unpaired) electrons. The number of carbonyl (C=O) groups is 1. The third kappa shape index (κ3) is 5.39. The van der Waals surface area contributed by atoms with Crippen LogP contribution in [-0.2, 0) is 6.42 Å². The summed E-state index contributed by atoms with van der Waals surface area (Å²) in [5, 5.41) is 18.8. The zero-order valence-electron chi connectivity index (χ0n) is 18.9. The summed E-state index contributed by atoms with van der Waals surface area (Å²) in [7, 11) is 0. The SMILES string of the molecule is Cc1nn(-c2ccccc2)cc1CCCNC(=O)c1cc([N+](=O)[O-])ccc1N1CCCCC1. The molecule has 8 heteroatoms.